The van der Waals surface area contributed by atoms with Gasteiger partial charge in [-0.15, -0.1) is 0 Å². The molecule has 19 heavy (non-hydrogen) atoms. The van der Waals surface area contributed by atoms with E-state index in [0.717, 1.165) is 43.9 Å². The van der Waals surface area contributed by atoms with Gasteiger partial charge in [-0.3, -0.25) is 4.79 Å². The second-order valence-electron chi connectivity index (χ2n) is 4.92. The normalized spacial score (nSPS) is 16.6. The highest BCUT2D eigenvalue weighted by molar-refractivity contribution is 5.93. The number of imidazole rings is 1. The Bertz CT molecular complexity index is 597. The molecule has 3 rings (SSSR count). The topological polar surface area (TPSA) is 49.6 Å². The third kappa shape index (κ3) is 2.33. The zero-order chi connectivity index (χ0) is 13.2. The maximum atomic E-state index is 12.5. The molecule has 5 heteroatoms. The molecule has 100 valence electrons. The third-order valence-corrected chi connectivity index (χ3v) is 3.54. The lowest BCUT2D eigenvalue weighted by atomic mass is 10.3. The van der Waals surface area contributed by atoms with Crippen LogP contribution in [0.2, 0.25) is 0 Å². The van der Waals surface area contributed by atoms with Gasteiger partial charge in [-0.05, 0) is 32.0 Å². The lowest BCUT2D eigenvalue weighted by Crippen LogP contribution is -2.34. The monoisotopic (exact) mass is 258 g/mol. The van der Waals surface area contributed by atoms with Crippen molar-refractivity contribution < 1.29 is 4.79 Å². The first-order valence-corrected chi connectivity index (χ1v) is 6.70. The molecule has 0 aliphatic carbocycles. The molecular weight excluding hydrogens is 240 g/mol. The minimum absolute atomic E-state index is 0.0341. The summed E-state index contributed by atoms with van der Waals surface area (Å²) in [7, 11) is 0. The fourth-order valence-electron chi connectivity index (χ4n) is 2.46. The molecule has 3 heterocycles. The van der Waals surface area contributed by atoms with E-state index in [-0.39, 0.29) is 5.91 Å². The number of aromatic nitrogens is 2. The average Bonchev–Trinajstić information content (AvgIpc) is 2.67. The summed E-state index contributed by atoms with van der Waals surface area (Å²) >= 11 is 0. The molecule has 0 radical (unpaired) electrons. The maximum Gasteiger partial charge on any atom is 0.274 e. The number of aryl methyl sites for hydroxylation is 1. The third-order valence-electron chi connectivity index (χ3n) is 3.54. The largest absolute Gasteiger partial charge is 0.336 e. The van der Waals surface area contributed by atoms with E-state index in [9.17, 15) is 4.79 Å². The molecule has 2 aromatic heterocycles. The molecule has 0 aromatic carbocycles. The maximum absolute atomic E-state index is 12.5. The van der Waals surface area contributed by atoms with Crippen LogP contribution >= 0.6 is 0 Å². The molecule has 1 fully saturated rings. The Morgan fingerprint density at radius 3 is 3.05 bits per heavy atom. The van der Waals surface area contributed by atoms with Crippen molar-refractivity contribution >= 4 is 11.6 Å². The van der Waals surface area contributed by atoms with Crippen LogP contribution in [0.15, 0.2) is 24.4 Å². The van der Waals surface area contributed by atoms with Crippen LogP contribution in [0.25, 0.3) is 5.65 Å². The highest BCUT2D eigenvalue weighted by Gasteiger charge is 2.19. The Labute approximate surface area is 112 Å². The van der Waals surface area contributed by atoms with E-state index < -0.39 is 0 Å². The predicted octanol–water partition coefficient (Wildman–Crippen LogP) is 1.08. The Balaban J connectivity index is 1.90. The van der Waals surface area contributed by atoms with Gasteiger partial charge in [0.15, 0.2) is 0 Å². The van der Waals surface area contributed by atoms with Gasteiger partial charge < -0.3 is 14.6 Å². The number of nitrogens with one attached hydrogen (secondary N) is 1. The number of carbonyl (C=O) groups excluding carboxylic acids is 1. The lowest BCUT2D eigenvalue weighted by molar-refractivity contribution is 0.0761. The minimum Gasteiger partial charge on any atom is -0.336 e. The molecule has 0 saturated carbocycles. The second-order valence-corrected chi connectivity index (χ2v) is 4.92. The van der Waals surface area contributed by atoms with Crippen LogP contribution in [-0.2, 0) is 0 Å². The van der Waals surface area contributed by atoms with E-state index in [1.807, 2.05) is 40.6 Å². The van der Waals surface area contributed by atoms with Gasteiger partial charge in [0.05, 0.1) is 0 Å². The zero-order valence-electron chi connectivity index (χ0n) is 11.1. The molecule has 5 nitrogen and oxygen atoms in total. The summed E-state index contributed by atoms with van der Waals surface area (Å²) in [5.74, 6) is 0.0341. The molecule has 1 aliphatic heterocycles. The average molecular weight is 258 g/mol. The molecule has 0 unspecified atom stereocenters. The number of hydrogen-bond acceptors (Lipinski definition) is 3. The van der Waals surface area contributed by atoms with Gasteiger partial charge in [-0.25, -0.2) is 4.98 Å². The lowest BCUT2D eigenvalue weighted by Gasteiger charge is -2.18. The molecule has 0 atom stereocenters. The van der Waals surface area contributed by atoms with Gasteiger partial charge in [0.25, 0.3) is 5.91 Å². The summed E-state index contributed by atoms with van der Waals surface area (Å²) in [5, 5.41) is 3.30. The van der Waals surface area contributed by atoms with Crippen molar-refractivity contribution in [3.8, 4) is 0 Å². The molecule has 1 N–H and O–H groups in total. The van der Waals surface area contributed by atoms with Crippen molar-refractivity contribution in [3.05, 3.63) is 35.8 Å². The number of hydrogen-bond donors (Lipinski definition) is 1. The van der Waals surface area contributed by atoms with Gasteiger partial charge in [-0.1, -0.05) is 6.07 Å². The SMILES string of the molecule is Cc1cccc2nc(C(=O)N3CCCNCC3)cn12. The Kier molecular flexibility index (Phi) is 3.21. The summed E-state index contributed by atoms with van der Waals surface area (Å²) in [6, 6.07) is 5.90. The quantitative estimate of drug-likeness (QED) is 0.832. The van der Waals surface area contributed by atoms with E-state index in [0.29, 0.717) is 5.69 Å². The zero-order valence-corrected chi connectivity index (χ0v) is 11.1. The van der Waals surface area contributed by atoms with Crippen molar-refractivity contribution in [2.45, 2.75) is 13.3 Å². The van der Waals surface area contributed by atoms with E-state index in [1.165, 1.54) is 0 Å². The van der Waals surface area contributed by atoms with Crippen LogP contribution in [0.4, 0.5) is 0 Å². The summed E-state index contributed by atoms with van der Waals surface area (Å²) in [4.78, 5) is 18.8. The molecule has 1 aliphatic rings. The fourth-order valence-corrected chi connectivity index (χ4v) is 2.46. The van der Waals surface area contributed by atoms with Crippen LogP contribution < -0.4 is 5.32 Å². The van der Waals surface area contributed by atoms with Gasteiger partial charge in [0.1, 0.15) is 11.3 Å². The van der Waals surface area contributed by atoms with Crippen molar-refractivity contribution in [2.75, 3.05) is 26.2 Å². The summed E-state index contributed by atoms with van der Waals surface area (Å²) in [6.07, 6.45) is 2.84. The van der Waals surface area contributed by atoms with Crippen LogP contribution in [0.1, 0.15) is 22.6 Å². The summed E-state index contributed by atoms with van der Waals surface area (Å²) in [5.41, 5.74) is 2.45. The summed E-state index contributed by atoms with van der Waals surface area (Å²) in [6.45, 7) is 5.41. The van der Waals surface area contributed by atoms with Gasteiger partial charge in [0.2, 0.25) is 0 Å². The van der Waals surface area contributed by atoms with Gasteiger partial charge >= 0.3 is 0 Å². The highest BCUT2D eigenvalue weighted by Crippen LogP contribution is 2.11. The molecule has 1 saturated heterocycles. The first-order chi connectivity index (χ1) is 9.25. The van der Waals surface area contributed by atoms with Crippen molar-refractivity contribution in [1.29, 1.82) is 0 Å². The van der Waals surface area contributed by atoms with E-state index in [2.05, 4.69) is 10.3 Å². The van der Waals surface area contributed by atoms with E-state index in [1.54, 1.807) is 0 Å². The van der Waals surface area contributed by atoms with Crippen molar-refractivity contribution in [3.63, 3.8) is 0 Å². The smallest absolute Gasteiger partial charge is 0.274 e. The van der Waals surface area contributed by atoms with Crippen LogP contribution in [0, 0.1) is 6.92 Å². The van der Waals surface area contributed by atoms with Crippen molar-refractivity contribution in [2.24, 2.45) is 0 Å². The number of carbonyl (C=O) groups is 1. The van der Waals surface area contributed by atoms with E-state index >= 15 is 0 Å². The van der Waals surface area contributed by atoms with E-state index in [4.69, 9.17) is 0 Å². The molecular formula is C14H18N4O. The standard InChI is InChI=1S/C14H18N4O/c1-11-4-2-5-13-16-12(10-18(11)13)14(19)17-8-3-6-15-7-9-17/h2,4-5,10,15H,3,6-9H2,1H3. The predicted molar refractivity (Wildman–Crippen MR) is 73.3 cm³/mol. The minimum atomic E-state index is 0.0341. The molecule has 0 bridgehead atoms. The molecule has 1 amide bonds. The number of nitrogens with zero attached hydrogens (tertiary/aromatic N) is 3. The molecule has 0 spiro atoms. The van der Waals surface area contributed by atoms with Gasteiger partial charge in [-0.2, -0.15) is 0 Å². The second kappa shape index (κ2) is 5.01. The van der Waals surface area contributed by atoms with Crippen LogP contribution in [-0.4, -0.2) is 46.4 Å². The number of amides is 1. The highest BCUT2D eigenvalue weighted by atomic mass is 16.2. The first-order valence-electron chi connectivity index (χ1n) is 6.70. The number of pyridine rings is 1. The molecule has 2 aromatic rings. The van der Waals surface area contributed by atoms with Crippen LogP contribution in [0.3, 0.4) is 0 Å². The Morgan fingerprint density at radius 1 is 1.32 bits per heavy atom. The summed E-state index contributed by atoms with van der Waals surface area (Å²) < 4.78 is 1.96. The van der Waals surface area contributed by atoms with Crippen molar-refractivity contribution in [1.82, 2.24) is 19.6 Å². The fraction of sp³-hybridized carbons (Fsp3) is 0.429. The number of rotatable bonds is 1. The Morgan fingerprint density at radius 2 is 2.21 bits per heavy atom. The number of fused-ring (bicyclic) bond motifs is 1. The Hall–Kier alpha value is -1.88. The van der Waals surface area contributed by atoms with Gasteiger partial charge in [0, 0.05) is 31.5 Å². The first kappa shape index (κ1) is 12.2. The van der Waals surface area contributed by atoms with Crippen LogP contribution in [0.5, 0.6) is 0 Å².